The van der Waals surface area contributed by atoms with Crippen molar-refractivity contribution in [3.8, 4) is 10.6 Å². The van der Waals surface area contributed by atoms with Crippen molar-refractivity contribution in [3.63, 3.8) is 0 Å². The Morgan fingerprint density at radius 2 is 2.18 bits per heavy atom. The Morgan fingerprint density at radius 1 is 1.35 bits per heavy atom. The van der Waals surface area contributed by atoms with Crippen LogP contribution >= 0.6 is 22.9 Å². The van der Waals surface area contributed by atoms with Gasteiger partial charge < -0.3 is 10.1 Å². The second kappa shape index (κ2) is 3.75. The van der Waals surface area contributed by atoms with E-state index in [9.17, 15) is 0 Å². The number of aryl methyl sites for hydroxylation is 1. The van der Waals surface area contributed by atoms with Crippen molar-refractivity contribution in [1.82, 2.24) is 9.38 Å². The van der Waals surface area contributed by atoms with Gasteiger partial charge in [-0.05, 0) is 30.7 Å². The van der Waals surface area contributed by atoms with Crippen molar-refractivity contribution in [3.05, 3.63) is 40.5 Å². The summed E-state index contributed by atoms with van der Waals surface area (Å²) < 4.78 is 2.72. The van der Waals surface area contributed by atoms with E-state index in [2.05, 4.69) is 4.98 Å². The lowest BCUT2D eigenvalue weighted by molar-refractivity contribution is 1.17. The van der Waals surface area contributed by atoms with E-state index in [1.165, 1.54) is 11.3 Å². The summed E-state index contributed by atoms with van der Waals surface area (Å²) in [6.45, 7) is 2.00. The van der Waals surface area contributed by atoms with Gasteiger partial charge in [0.15, 0.2) is 0 Å². The van der Waals surface area contributed by atoms with Gasteiger partial charge in [-0.1, -0.05) is 11.6 Å². The molecule has 0 saturated heterocycles. The number of hydrogen-bond acceptors (Lipinski definition) is 3. The summed E-state index contributed by atoms with van der Waals surface area (Å²) in [5.41, 5.74) is 9.47. The van der Waals surface area contributed by atoms with Gasteiger partial charge in [0.05, 0.1) is 14.9 Å². The van der Waals surface area contributed by atoms with Crippen LogP contribution in [-0.4, -0.2) is 9.38 Å². The van der Waals surface area contributed by atoms with Crippen molar-refractivity contribution in [2.75, 3.05) is 5.73 Å². The first-order valence-electron chi connectivity index (χ1n) is 5.14. The topological polar surface area (TPSA) is 43.3 Å². The molecule has 3 aromatic rings. The van der Waals surface area contributed by atoms with Crippen LogP contribution in [0.25, 0.3) is 16.2 Å². The summed E-state index contributed by atoms with van der Waals surface area (Å²) in [6, 6.07) is 5.79. The van der Waals surface area contributed by atoms with Gasteiger partial charge in [-0.25, -0.2) is 4.98 Å². The number of thiophene rings is 1. The number of halogens is 1. The van der Waals surface area contributed by atoms with Crippen LogP contribution in [0.15, 0.2) is 30.6 Å². The molecule has 0 spiro atoms. The van der Waals surface area contributed by atoms with E-state index in [1.807, 2.05) is 41.9 Å². The molecule has 0 aromatic carbocycles. The van der Waals surface area contributed by atoms with Crippen LogP contribution in [0.2, 0.25) is 4.34 Å². The van der Waals surface area contributed by atoms with Crippen molar-refractivity contribution in [2.24, 2.45) is 0 Å². The number of nitrogens with zero attached hydrogens (tertiary/aromatic N) is 2. The third kappa shape index (κ3) is 1.79. The summed E-state index contributed by atoms with van der Waals surface area (Å²) >= 11 is 7.45. The molecule has 0 unspecified atom stereocenters. The second-order valence-corrected chi connectivity index (χ2v) is 5.63. The van der Waals surface area contributed by atoms with E-state index in [1.54, 1.807) is 0 Å². The summed E-state index contributed by atoms with van der Waals surface area (Å²) in [7, 11) is 0. The number of nitrogens with two attached hydrogens (primary N) is 1. The predicted molar refractivity (Wildman–Crippen MR) is 72.7 cm³/mol. The van der Waals surface area contributed by atoms with E-state index in [0.717, 1.165) is 31.8 Å². The van der Waals surface area contributed by atoms with Crippen LogP contribution in [0.1, 0.15) is 5.56 Å². The molecule has 17 heavy (non-hydrogen) atoms. The monoisotopic (exact) mass is 263 g/mol. The fourth-order valence-corrected chi connectivity index (χ4v) is 2.86. The molecule has 0 amide bonds. The van der Waals surface area contributed by atoms with Gasteiger partial charge in [0.1, 0.15) is 5.65 Å². The van der Waals surface area contributed by atoms with Gasteiger partial charge in [0, 0.05) is 18.1 Å². The third-order valence-corrected chi connectivity index (χ3v) is 3.84. The Labute approximate surface area is 107 Å². The fraction of sp³-hybridized carbons (Fsp3) is 0.0833. The molecule has 0 saturated carbocycles. The Kier molecular flexibility index (Phi) is 2.34. The highest BCUT2D eigenvalue weighted by atomic mass is 35.5. The SMILES string of the molecule is Cc1cc(N)cn2cc(-c3ccc(Cl)s3)nc12. The molecular formula is C12H10ClN3S. The molecule has 0 radical (unpaired) electrons. The number of pyridine rings is 1. The molecule has 0 aliphatic rings. The molecule has 3 rings (SSSR count). The number of imidazole rings is 1. The molecule has 3 aromatic heterocycles. The summed E-state index contributed by atoms with van der Waals surface area (Å²) in [5.74, 6) is 0. The standard InChI is InChI=1S/C12H10ClN3S/c1-7-4-8(14)5-16-6-9(15-12(7)16)10-2-3-11(13)17-10/h2-6H,14H2,1H3. The molecule has 0 aliphatic carbocycles. The van der Waals surface area contributed by atoms with Crippen LogP contribution in [0.3, 0.4) is 0 Å². The first-order valence-corrected chi connectivity index (χ1v) is 6.33. The molecular weight excluding hydrogens is 254 g/mol. The number of fused-ring (bicyclic) bond motifs is 1. The molecule has 3 nitrogen and oxygen atoms in total. The molecule has 0 aliphatic heterocycles. The highest BCUT2D eigenvalue weighted by molar-refractivity contribution is 7.19. The number of anilines is 1. The maximum atomic E-state index is 5.93. The molecule has 3 heterocycles. The van der Waals surface area contributed by atoms with E-state index in [0.29, 0.717) is 0 Å². The van der Waals surface area contributed by atoms with Crippen LogP contribution in [0.5, 0.6) is 0 Å². The molecule has 0 fully saturated rings. The average Bonchev–Trinajstić information content (AvgIpc) is 2.83. The van der Waals surface area contributed by atoms with Gasteiger partial charge in [-0.15, -0.1) is 11.3 Å². The first kappa shape index (κ1) is 10.6. The molecule has 0 atom stereocenters. The van der Waals surface area contributed by atoms with Crippen molar-refractivity contribution in [1.29, 1.82) is 0 Å². The zero-order valence-corrected chi connectivity index (χ0v) is 10.7. The Bertz CT molecular complexity index is 699. The van der Waals surface area contributed by atoms with E-state index < -0.39 is 0 Å². The van der Waals surface area contributed by atoms with Crippen LogP contribution in [-0.2, 0) is 0 Å². The first-order chi connectivity index (χ1) is 8.13. The van der Waals surface area contributed by atoms with Gasteiger partial charge in [0.25, 0.3) is 0 Å². The minimum atomic E-state index is 0.739. The largest absolute Gasteiger partial charge is 0.398 e. The zero-order chi connectivity index (χ0) is 12.0. The minimum absolute atomic E-state index is 0.739. The third-order valence-electron chi connectivity index (χ3n) is 2.58. The number of rotatable bonds is 1. The maximum absolute atomic E-state index is 5.93. The van der Waals surface area contributed by atoms with Gasteiger partial charge in [0.2, 0.25) is 0 Å². The van der Waals surface area contributed by atoms with Crippen molar-refractivity contribution < 1.29 is 0 Å². The fourth-order valence-electron chi connectivity index (χ4n) is 1.87. The lowest BCUT2D eigenvalue weighted by atomic mass is 10.3. The van der Waals surface area contributed by atoms with Crippen LogP contribution in [0.4, 0.5) is 5.69 Å². The van der Waals surface area contributed by atoms with Crippen LogP contribution < -0.4 is 5.73 Å². The molecule has 5 heteroatoms. The lowest BCUT2D eigenvalue weighted by Gasteiger charge is -1.98. The van der Waals surface area contributed by atoms with Crippen LogP contribution in [0, 0.1) is 6.92 Å². The predicted octanol–water partition coefficient (Wildman–Crippen LogP) is 3.61. The summed E-state index contributed by atoms with van der Waals surface area (Å²) in [5, 5.41) is 0. The van der Waals surface area contributed by atoms with Gasteiger partial charge >= 0.3 is 0 Å². The summed E-state index contributed by atoms with van der Waals surface area (Å²) in [6.07, 6.45) is 3.84. The van der Waals surface area contributed by atoms with Gasteiger partial charge in [-0.2, -0.15) is 0 Å². The normalized spacial score (nSPS) is 11.2. The van der Waals surface area contributed by atoms with E-state index in [4.69, 9.17) is 17.3 Å². The van der Waals surface area contributed by atoms with Gasteiger partial charge in [-0.3, -0.25) is 0 Å². The smallest absolute Gasteiger partial charge is 0.140 e. The quantitative estimate of drug-likeness (QED) is 0.729. The molecule has 86 valence electrons. The average molecular weight is 264 g/mol. The molecule has 0 bridgehead atoms. The van der Waals surface area contributed by atoms with E-state index in [-0.39, 0.29) is 0 Å². The van der Waals surface area contributed by atoms with E-state index >= 15 is 0 Å². The Hall–Kier alpha value is -1.52. The number of nitrogen functional groups attached to an aromatic ring is 1. The Morgan fingerprint density at radius 3 is 2.88 bits per heavy atom. The highest BCUT2D eigenvalue weighted by Gasteiger charge is 2.08. The number of aromatic nitrogens is 2. The van der Waals surface area contributed by atoms with Crippen molar-refractivity contribution in [2.45, 2.75) is 6.92 Å². The molecule has 2 N–H and O–H groups in total. The minimum Gasteiger partial charge on any atom is -0.398 e. The highest BCUT2D eigenvalue weighted by Crippen LogP contribution is 2.31. The maximum Gasteiger partial charge on any atom is 0.140 e. The second-order valence-electron chi connectivity index (χ2n) is 3.92. The lowest BCUT2D eigenvalue weighted by Crippen LogP contribution is -1.92. The summed E-state index contributed by atoms with van der Waals surface area (Å²) in [4.78, 5) is 5.66. The number of hydrogen-bond donors (Lipinski definition) is 1. The Balaban J connectivity index is 2.23. The zero-order valence-electron chi connectivity index (χ0n) is 9.14. The van der Waals surface area contributed by atoms with Crippen molar-refractivity contribution >= 4 is 34.3 Å².